The molecule has 0 bridgehead atoms. The fourth-order valence-corrected chi connectivity index (χ4v) is 1.79. The largest absolute Gasteiger partial charge is 0.380 e. The summed E-state index contributed by atoms with van der Waals surface area (Å²) in [6, 6.07) is 4.38. The molecule has 0 saturated carbocycles. The molecule has 0 spiro atoms. The fourth-order valence-electron chi connectivity index (χ4n) is 1.79. The van der Waals surface area contributed by atoms with Crippen LogP contribution in [0.25, 0.3) is 0 Å². The Bertz CT molecular complexity index is 335. The molecule has 0 fully saturated rings. The van der Waals surface area contributed by atoms with Crippen molar-refractivity contribution in [2.75, 3.05) is 30.4 Å². The molecule has 0 amide bonds. The van der Waals surface area contributed by atoms with E-state index >= 15 is 0 Å². The van der Waals surface area contributed by atoms with E-state index in [0.717, 1.165) is 24.6 Å². The number of methoxy groups -OCH3 is 1. The molecule has 0 aliphatic carbocycles. The third-order valence-corrected chi connectivity index (χ3v) is 3.31. The highest BCUT2D eigenvalue weighted by atomic mass is 16.5. The summed E-state index contributed by atoms with van der Waals surface area (Å²) in [6.07, 6.45) is 2.06. The zero-order chi connectivity index (χ0) is 13.5. The minimum atomic E-state index is 0.174. The highest BCUT2D eigenvalue weighted by molar-refractivity contribution is 5.49. The fraction of sp³-hybridized carbons (Fsp3) is 0.643. The number of hydrogen-bond acceptors (Lipinski definition) is 4. The van der Waals surface area contributed by atoms with Crippen molar-refractivity contribution in [3.63, 3.8) is 0 Å². The van der Waals surface area contributed by atoms with Crippen LogP contribution in [-0.2, 0) is 4.74 Å². The molecule has 102 valence electrons. The lowest BCUT2D eigenvalue weighted by molar-refractivity contribution is 0.106. The first-order chi connectivity index (χ1) is 8.62. The zero-order valence-electron chi connectivity index (χ0n) is 12.1. The van der Waals surface area contributed by atoms with Crippen LogP contribution in [-0.4, -0.2) is 37.3 Å². The van der Waals surface area contributed by atoms with E-state index in [1.54, 1.807) is 7.11 Å². The Labute approximate surface area is 110 Å². The average molecular weight is 251 g/mol. The van der Waals surface area contributed by atoms with Crippen LogP contribution in [0.1, 0.15) is 27.7 Å². The van der Waals surface area contributed by atoms with Crippen LogP contribution in [0, 0.1) is 0 Å². The summed E-state index contributed by atoms with van der Waals surface area (Å²) in [5.74, 6) is 1.03. The second-order valence-corrected chi connectivity index (χ2v) is 4.45. The topological polar surface area (TPSA) is 37.4 Å². The maximum absolute atomic E-state index is 5.29. The Morgan fingerprint density at radius 1 is 1.28 bits per heavy atom. The second-order valence-electron chi connectivity index (χ2n) is 4.45. The van der Waals surface area contributed by atoms with E-state index in [4.69, 9.17) is 4.74 Å². The predicted octanol–water partition coefficient (Wildman–Crippen LogP) is 2.76. The van der Waals surface area contributed by atoms with Gasteiger partial charge in [0.05, 0.1) is 18.0 Å². The van der Waals surface area contributed by atoms with E-state index in [0.29, 0.717) is 0 Å². The Balaban J connectivity index is 2.65. The molecule has 1 N–H and O–H groups in total. The molecule has 0 aromatic carbocycles. The molecule has 18 heavy (non-hydrogen) atoms. The molecule has 1 aromatic rings. The predicted molar refractivity (Wildman–Crippen MR) is 77.4 cm³/mol. The van der Waals surface area contributed by atoms with Crippen molar-refractivity contribution < 1.29 is 4.74 Å². The Hall–Kier alpha value is -1.29. The van der Waals surface area contributed by atoms with Gasteiger partial charge in [-0.3, -0.25) is 0 Å². The molecule has 4 nitrogen and oxygen atoms in total. The molecular weight excluding hydrogens is 226 g/mol. The molecule has 4 heteroatoms. The molecule has 1 aromatic heterocycles. The van der Waals surface area contributed by atoms with E-state index in [2.05, 4.69) is 55.0 Å². The Kier molecular flexibility index (Phi) is 5.92. The van der Waals surface area contributed by atoms with Crippen LogP contribution in [0.5, 0.6) is 0 Å². The molecule has 0 aliphatic heterocycles. The Morgan fingerprint density at radius 2 is 1.94 bits per heavy atom. The van der Waals surface area contributed by atoms with Gasteiger partial charge in [-0.2, -0.15) is 0 Å². The van der Waals surface area contributed by atoms with Gasteiger partial charge in [0.25, 0.3) is 0 Å². The number of nitrogens with one attached hydrogen (secondary N) is 1. The van der Waals surface area contributed by atoms with Crippen molar-refractivity contribution in [1.82, 2.24) is 4.98 Å². The van der Waals surface area contributed by atoms with Crippen molar-refractivity contribution in [3.05, 3.63) is 18.3 Å². The van der Waals surface area contributed by atoms with E-state index in [1.807, 2.05) is 6.20 Å². The third-order valence-electron chi connectivity index (χ3n) is 3.31. The van der Waals surface area contributed by atoms with Crippen molar-refractivity contribution in [2.45, 2.75) is 39.8 Å². The third kappa shape index (κ3) is 3.88. The number of pyridine rings is 1. The summed E-state index contributed by atoms with van der Waals surface area (Å²) in [4.78, 5) is 6.71. The standard InChI is InChI=1S/C14H25N3O/c1-6-17(7-2)14-9-8-13(10-15-14)16-11(3)12(4)18-5/h8-12,16H,6-7H2,1-5H3. The van der Waals surface area contributed by atoms with E-state index in [9.17, 15) is 0 Å². The molecule has 2 atom stereocenters. The van der Waals surface area contributed by atoms with Gasteiger partial charge < -0.3 is 15.0 Å². The molecule has 0 aliphatic rings. The minimum absolute atomic E-state index is 0.174. The van der Waals surface area contributed by atoms with E-state index in [-0.39, 0.29) is 12.1 Å². The number of ether oxygens (including phenoxy) is 1. The van der Waals surface area contributed by atoms with Crippen LogP contribution in [0.15, 0.2) is 18.3 Å². The van der Waals surface area contributed by atoms with Gasteiger partial charge in [-0.1, -0.05) is 0 Å². The van der Waals surface area contributed by atoms with Gasteiger partial charge >= 0.3 is 0 Å². The molecule has 2 unspecified atom stereocenters. The van der Waals surface area contributed by atoms with E-state index in [1.165, 1.54) is 0 Å². The smallest absolute Gasteiger partial charge is 0.128 e. The summed E-state index contributed by atoms with van der Waals surface area (Å²) >= 11 is 0. The van der Waals surface area contributed by atoms with Gasteiger partial charge in [0.1, 0.15) is 5.82 Å². The van der Waals surface area contributed by atoms with Gasteiger partial charge in [0.2, 0.25) is 0 Å². The maximum Gasteiger partial charge on any atom is 0.128 e. The molecule has 0 saturated heterocycles. The summed E-state index contributed by atoms with van der Waals surface area (Å²) in [5, 5.41) is 3.39. The van der Waals surface area contributed by atoms with Crippen molar-refractivity contribution in [2.24, 2.45) is 0 Å². The van der Waals surface area contributed by atoms with Gasteiger partial charge in [0, 0.05) is 26.2 Å². The van der Waals surface area contributed by atoms with Crippen molar-refractivity contribution in [3.8, 4) is 0 Å². The maximum atomic E-state index is 5.29. The summed E-state index contributed by atoms with van der Waals surface area (Å²) in [6.45, 7) is 10.4. The van der Waals surface area contributed by atoms with E-state index < -0.39 is 0 Å². The second kappa shape index (κ2) is 7.21. The molecule has 1 heterocycles. The Morgan fingerprint density at radius 3 is 2.39 bits per heavy atom. The first-order valence-corrected chi connectivity index (χ1v) is 6.62. The van der Waals surface area contributed by atoms with Crippen molar-refractivity contribution >= 4 is 11.5 Å². The number of hydrogen-bond donors (Lipinski definition) is 1. The monoisotopic (exact) mass is 251 g/mol. The number of anilines is 2. The lowest BCUT2D eigenvalue weighted by Crippen LogP contribution is -2.29. The van der Waals surface area contributed by atoms with Crippen LogP contribution < -0.4 is 10.2 Å². The normalized spacial score (nSPS) is 14.1. The van der Waals surface area contributed by atoms with Gasteiger partial charge in [-0.15, -0.1) is 0 Å². The molecule has 0 radical (unpaired) electrons. The SMILES string of the molecule is CCN(CC)c1ccc(NC(C)C(C)OC)cn1. The molecular formula is C14H25N3O. The molecule has 1 rings (SSSR count). The lowest BCUT2D eigenvalue weighted by atomic mass is 10.2. The summed E-state index contributed by atoms with van der Waals surface area (Å²) in [5.41, 5.74) is 1.03. The average Bonchev–Trinajstić information content (AvgIpc) is 2.41. The quantitative estimate of drug-likeness (QED) is 0.808. The highest BCUT2D eigenvalue weighted by Crippen LogP contribution is 2.15. The van der Waals surface area contributed by atoms with Gasteiger partial charge in [0.15, 0.2) is 0 Å². The minimum Gasteiger partial charge on any atom is -0.380 e. The van der Waals surface area contributed by atoms with Gasteiger partial charge in [-0.25, -0.2) is 4.98 Å². The highest BCUT2D eigenvalue weighted by Gasteiger charge is 2.11. The van der Waals surface area contributed by atoms with Crippen LogP contribution in [0.3, 0.4) is 0 Å². The van der Waals surface area contributed by atoms with Crippen LogP contribution in [0.4, 0.5) is 11.5 Å². The number of rotatable bonds is 7. The lowest BCUT2D eigenvalue weighted by Gasteiger charge is -2.22. The van der Waals surface area contributed by atoms with Crippen molar-refractivity contribution in [1.29, 1.82) is 0 Å². The number of aromatic nitrogens is 1. The summed E-state index contributed by atoms with van der Waals surface area (Å²) < 4.78 is 5.29. The van der Waals surface area contributed by atoms with Crippen LogP contribution >= 0.6 is 0 Å². The van der Waals surface area contributed by atoms with Gasteiger partial charge in [-0.05, 0) is 39.8 Å². The number of nitrogens with zero attached hydrogens (tertiary/aromatic N) is 2. The first-order valence-electron chi connectivity index (χ1n) is 6.62. The first kappa shape index (κ1) is 14.8. The van der Waals surface area contributed by atoms with Crippen LogP contribution in [0.2, 0.25) is 0 Å². The summed E-state index contributed by atoms with van der Waals surface area (Å²) in [7, 11) is 1.73. The zero-order valence-corrected chi connectivity index (χ0v) is 12.1.